The normalized spacial score (nSPS) is 25.5. The molecule has 1 saturated heterocycles. The number of rotatable bonds is 2. The second kappa shape index (κ2) is 4.08. The number of nitriles is 1. The van der Waals surface area contributed by atoms with E-state index in [1.807, 2.05) is 13.8 Å². The zero-order chi connectivity index (χ0) is 9.90. The number of morpholine rings is 1. The van der Waals surface area contributed by atoms with Gasteiger partial charge in [-0.05, 0) is 20.8 Å². The third-order valence-corrected chi connectivity index (χ3v) is 2.41. The largest absolute Gasteiger partial charge is 0.379 e. The quantitative estimate of drug-likeness (QED) is 0.645. The summed E-state index contributed by atoms with van der Waals surface area (Å²) in [6, 6.07) is 2.77. The van der Waals surface area contributed by atoms with Gasteiger partial charge in [-0.25, -0.2) is 0 Å². The van der Waals surface area contributed by atoms with E-state index in [1.54, 1.807) is 0 Å². The molecule has 13 heavy (non-hydrogen) atoms. The van der Waals surface area contributed by atoms with Crippen molar-refractivity contribution in [2.24, 2.45) is 5.41 Å². The Kier molecular flexibility index (Phi) is 3.29. The lowest BCUT2D eigenvalue weighted by molar-refractivity contribution is -0.0103. The van der Waals surface area contributed by atoms with Crippen LogP contribution >= 0.6 is 0 Å². The number of hydrogen-bond donors (Lipinski definition) is 0. The molecule has 1 rings (SSSR count). The van der Waals surface area contributed by atoms with E-state index in [0.717, 1.165) is 26.3 Å². The van der Waals surface area contributed by atoms with Gasteiger partial charge in [-0.3, -0.25) is 4.90 Å². The molecule has 74 valence electrons. The molecule has 1 heterocycles. The van der Waals surface area contributed by atoms with Crippen LogP contribution in [-0.2, 0) is 4.74 Å². The van der Waals surface area contributed by atoms with Crippen molar-refractivity contribution in [1.82, 2.24) is 4.90 Å². The van der Waals surface area contributed by atoms with Gasteiger partial charge in [0, 0.05) is 19.1 Å². The first-order chi connectivity index (χ1) is 6.05. The van der Waals surface area contributed by atoms with E-state index in [4.69, 9.17) is 10.00 Å². The average Bonchev–Trinajstić information content (AvgIpc) is 2.09. The molecule has 1 unspecified atom stereocenters. The van der Waals surface area contributed by atoms with Gasteiger partial charge in [0.05, 0.1) is 24.7 Å². The Balaban J connectivity index is 2.48. The van der Waals surface area contributed by atoms with Crippen molar-refractivity contribution in [3.8, 4) is 6.07 Å². The van der Waals surface area contributed by atoms with Gasteiger partial charge in [0.15, 0.2) is 0 Å². The molecule has 0 aromatic heterocycles. The van der Waals surface area contributed by atoms with E-state index in [1.165, 1.54) is 0 Å². The predicted molar refractivity (Wildman–Crippen MR) is 51.2 cm³/mol. The first-order valence-electron chi connectivity index (χ1n) is 4.78. The van der Waals surface area contributed by atoms with Crippen molar-refractivity contribution in [1.29, 1.82) is 5.26 Å². The van der Waals surface area contributed by atoms with Crippen molar-refractivity contribution < 1.29 is 4.74 Å². The lowest BCUT2D eigenvalue weighted by Crippen LogP contribution is -2.47. The minimum Gasteiger partial charge on any atom is -0.379 e. The summed E-state index contributed by atoms with van der Waals surface area (Å²) in [5.41, 5.74) is -0.244. The fraction of sp³-hybridized carbons (Fsp3) is 0.900. The lowest BCUT2D eigenvalue weighted by atomic mass is 9.94. The van der Waals surface area contributed by atoms with Gasteiger partial charge in [-0.1, -0.05) is 0 Å². The molecule has 0 aromatic carbocycles. The summed E-state index contributed by atoms with van der Waals surface area (Å²) in [7, 11) is 0. The van der Waals surface area contributed by atoms with Crippen molar-refractivity contribution in [2.45, 2.75) is 26.8 Å². The third-order valence-electron chi connectivity index (χ3n) is 2.41. The van der Waals surface area contributed by atoms with Crippen LogP contribution in [0.25, 0.3) is 0 Å². The SMILES string of the molecule is CC1COCCN1CC(C)(C)C#N. The second-order valence-electron chi connectivity index (χ2n) is 4.39. The molecule has 0 aromatic rings. The van der Waals surface area contributed by atoms with Crippen molar-refractivity contribution in [2.75, 3.05) is 26.3 Å². The molecule has 1 atom stereocenters. The molecule has 0 bridgehead atoms. The Morgan fingerprint density at radius 2 is 2.31 bits per heavy atom. The topological polar surface area (TPSA) is 36.3 Å². The van der Waals surface area contributed by atoms with Crippen LogP contribution in [-0.4, -0.2) is 37.2 Å². The molecule has 0 radical (unpaired) electrons. The maximum Gasteiger partial charge on any atom is 0.0697 e. The van der Waals surface area contributed by atoms with Gasteiger partial charge in [0.1, 0.15) is 0 Å². The highest BCUT2D eigenvalue weighted by molar-refractivity contribution is 4.95. The molecular weight excluding hydrogens is 164 g/mol. The Hall–Kier alpha value is -0.590. The van der Waals surface area contributed by atoms with Crippen LogP contribution in [0.1, 0.15) is 20.8 Å². The summed E-state index contributed by atoms with van der Waals surface area (Å²) in [4.78, 5) is 2.33. The van der Waals surface area contributed by atoms with E-state index >= 15 is 0 Å². The molecule has 1 aliphatic rings. The van der Waals surface area contributed by atoms with Crippen LogP contribution in [0.5, 0.6) is 0 Å². The summed E-state index contributed by atoms with van der Waals surface area (Å²) in [6.07, 6.45) is 0. The van der Waals surface area contributed by atoms with Gasteiger partial charge >= 0.3 is 0 Å². The third kappa shape index (κ3) is 2.98. The maximum absolute atomic E-state index is 8.90. The van der Waals surface area contributed by atoms with Crippen LogP contribution in [0.3, 0.4) is 0 Å². The average molecular weight is 182 g/mol. The second-order valence-corrected chi connectivity index (χ2v) is 4.39. The summed E-state index contributed by atoms with van der Waals surface area (Å²) in [5.74, 6) is 0. The van der Waals surface area contributed by atoms with Gasteiger partial charge in [0.25, 0.3) is 0 Å². The van der Waals surface area contributed by atoms with Crippen molar-refractivity contribution in [3.63, 3.8) is 0 Å². The van der Waals surface area contributed by atoms with Crippen LogP contribution in [0, 0.1) is 16.7 Å². The van der Waals surface area contributed by atoms with E-state index in [-0.39, 0.29) is 5.41 Å². The molecule has 0 spiro atoms. The van der Waals surface area contributed by atoms with Crippen molar-refractivity contribution >= 4 is 0 Å². The molecule has 1 fully saturated rings. The van der Waals surface area contributed by atoms with Gasteiger partial charge < -0.3 is 4.74 Å². The predicted octanol–water partition coefficient (Wildman–Crippen LogP) is 1.26. The highest BCUT2D eigenvalue weighted by Gasteiger charge is 2.26. The van der Waals surface area contributed by atoms with E-state index < -0.39 is 0 Å². The van der Waals surface area contributed by atoms with Crippen LogP contribution in [0.4, 0.5) is 0 Å². The molecule has 3 nitrogen and oxygen atoms in total. The van der Waals surface area contributed by atoms with Crippen molar-refractivity contribution in [3.05, 3.63) is 0 Å². The highest BCUT2D eigenvalue weighted by Crippen LogP contribution is 2.18. The van der Waals surface area contributed by atoms with Gasteiger partial charge in [-0.2, -0.15) is 5.26 Å². The van der Waals surface area contributed by atoms with Gasteiger partial charge in [0.2, 0.25) is 0 Å². The molecule has 1 aliphatic heterocycles. The molecular formula is C10H18N2O. The van der Waals surface area contributed by atoms with E-state index in [0.29, 0.717) is 6.04 Å². The minimum atomic E-state index is -0.244. The Morgan fingerprint density at radius 1 is 1.62 bits per heavy atom. The fourth-order valence-electron chi connectivity index (χ4n) is 1.54. The highest BCUT2D eigenvalue weighted by atomic mass is 16.5. The zero-order valence-corrected chi connectivity index (χ0v) is 8.71. The standard InChI is InChI=1S/C10H18N2O/c1-9-6-13-5-4-12(9)8-10(2,3)7-11/h9H,4-6,8H2,1-3H3. The zero-order valence-electron chi connectivity index (χ0n) is 8.71. The molecule has 0 saturated carbocycles. The Morgan fingerprint density at radius 3 is 2.85 bits per heavy atom. The monoisotopic (exact) mass is 182 g/mol. The lowest BCUT2D eigenvalue weighted by Gasteiger charge is -2.36. The fourth-order valence-corrected chi connectivity index (χ4v) is 1.54. The summed E-state index contributed by atoms with van der Waals surface area (Å²) >= 11 is 0. The number of hydrogen-bond acceptors (Lipinski definition) is 3. The van der Waals surface area contributed by atoms with Gasteiger partial charge in [-0.15, -0.1) is 0 Å². The Bertz CT molecular complexity index is 207. The molecule has 3 heteroatoms. The Labute approximate surface area is 80.3 Å². The first kappa shape index (κ1) is 10.5. The summed E-state index contributed by atoms with van der Waals surface area (Å²) in [5, 5.41) is 8.90. The number of nitrogens with zero attached hydrogens (tertiary/aromatic N) is 2. The smallest absolute Gasteiger partial charge is 0.0697 e. The molecule has 0 N–H and O–H groups in total. The molecule has 0 amide bonds. The van der Waals surface area contributed by atoms with Crippen LogP contribution < -0.4 is 0 Å². The molecule has 0 aliphatic carbocycles. The minimum absolute atomic E-state index is 0.244. The first-order valence-corrected chi connectivity index (χ1v) is 4.78. The van der Waals surface area contributed by atoms with E-state index in [2.05, 4.69) is 17.9 Å². The maximum atomic E-state index is 8.90. The van der Waals surface area contributed by atoms with Crippen LogP contribution in [0.15, 0.2) is 0 Å². The summed E-state index contributed by atoms with van der Waals surface area (Å²) in [6.45, 7) is 9.49. The number of ether oxygens (including phenoxy) is 1. The summed E-state index contributed by atoms with van der Waals surface area (Å²) < 4.78 is 5.34. The van der Waals surface area contributed by atoms with Crippen LogP contribution in [0.2, 0.25) is 0 Å². The van der Waals surface area contributed by atoms with E-state index in [9.17, 15) is 0 Å².